The van der Waals surface area contributed by atoms with E-state index >= 15 is 0 Å². The van der Waals surface area contributed by atoms with Crippen LogP contribution in [-0.4, -0.2) is 10.7 Å². The Kier molecular flexibility index (Phi) is 3.21. The Morgan fingerprint density at radius 3 is 2.91 bits per heavy atom. The Hall–Kier alpha value is -0.210. The SMILES string of the molecule is CCSc1cnc(Cl)cc1C. The second-order valence-electron chi connectivity index (χ2n) is 2.21. The summed E-state index contributed by atoms with van der Waals surface area (Å²) in [5.74, 6) is 1.07. The first-order chi connectivity index (χ1) is 5.24. The van der Waals surface area contributed by atoms with Gasteiger partial charge in [0.15, 0.2) is 0 Å². The summed E-state index contributed by atoms with van der Waals surface area (Å²) in [7, 11) is 0. The van der Waals surface area contributed by atoms with Crippen molar-refractivity contribution in [1.29, 1.82) is 0 Å². The number of aryl methyl sites for hydroxylation is 1. The van der Waals surface area contributed by atoms with E-state index in [9.17, 15) is 0 Å². The van der Waals surface area contributed by atoms with Crippen LogP contribution in [0.15, 0.2) is 17.2 Å². The molecule has 0 unspecified atom stereocenters. The van der Waals surface area contributed by atoms with Crippen molar-refractivity contribution in [2.75, 3.05) is 5.75 Å². The molecule has 11 heavy (non-hydrogen) atoms. The Morgan fingerprint density at radius 1 is 1.64 bits per heavy atom. The van der Waals surface area contributed by atoms with Crippen LogP contribution in [0, 0.1) is 6.92 Å². The third-order valence-corrected chi connectivity index (χ3v) is 2.56. The van der Waals surface area contributed by atoms with Crippen LogP contribution in [0.5, 0.6) is 0 Å². The summed E-state index contributed by atoms with van der Waals surface area (Å²) in [5.41, 5.74) is 1.21. The monoisotopic (exact) mass is 187 g/mol. The molecular weight excluding hydrogens is 178 g/mol. The molecule has 1 aromatic heterocycles. The zero-order valence-corrected chi connectivity index (χ0v) is 8.17. The van der Waals surface area contributed by atoms with Crippen LogP contribution in [0.3, 0.4) is 0 Å². The van der Waals surface area contributed by atoms with E-state index in [1.54, 1.807) is 11.8 Å². The van der Waals surface area contributed by atoms with Crippen LogP contribution in [0.4, 0.5) is 0 Å². The maximum atomic E-state index is 5.70. The summed E-state index contributed by atoms with van der Waals surface area (Å²) in [4.78, 5) is 5.22. The van der Waals surface area contributed by atoms with Crippen molar-refractivity contribution in [3.63, 3.8) is 0 Å². The maximum Gasteiger partial charge on any atom is 0.129 e. The topological polar surface area (TPSA) is 12.9 Å². The molecule has 0 radical (unpaired) electrons. The van der Waals surface area contributed by atoms with E-state index in [2.05, 4.69) is 11.9 Å². The highest BCUT2D eigenvalue weighted by Gasteiger charge is 1.98. The highest BCUT2D eigenvalue weighted by Crippen LogP contribution is 2.22. The van der Waals surface area contributed by atoms with Gasteiger partial charge in [0.25, 0.3) is 0 Å². The molecule has 0 fully saturated rings. The van der Waals surface area contributed by atoms with Gasteiger partial charge < -0.3 is 0 Å². The fourth-order valence-electron chi connectivity index (χ4n) is 0.816. The summed E-state index contributed by atoms with van der Waals surface area (Å²) < 4.78 is 0. The van der Waals surface area contributed by atoms with Crippen molar-refractivity contribution < 1.29 is 0 Å². The summed E-state index contributed by atoms with van der Waals surface area (Å²) in [6.07, 6.45) is 1.83. The van der Waals surface area contributed by atoms with Crippen LogP contribution in [0.2, 0.25) is 5.15 Å². The van der Waals surface area contributed by atoms with Crippen LogP contribution < -0.4 is 0 Å². The Balaban J connectivity index is 2.90. The Labute approximate surface area is 76.2 Å². The van der Waals surface area contributed by atoms with E-state index in [1.807, 2.05) is 19.2 Å². The molecule has 60 valence electrons. The van der Waals surface area contributed by atoms with Gasteiger partial charge in [0.2, 0.25) is 0 Å². The molecule has 0 amide bonds. The number of pyridine rings is 1. The van der Waals surface area contributed by atoms with Crippen molar-refractivity contribution >= 4 is 23.4 Å². The maximum absolute atomic E-state index is 5.70. The molecule has 0 saturated heterocycles. The third kappa shape index (κ3) is 2.38. The largest absolute Gasteiger partial charge is 0.243 e. The van der Waals surface area contributed by atoms with E-state index in [4.69, 9.17) is 11.6 Å². The number of halogens is 1. The first-order valence-electron chi connectivity index (χ1n) is 3.49. The second kappa shape index (κ2) is 3.98. The summed E-state index contributed by atoms with van der Waals surface area (Å²) in [6, 6.07) is 1.89. The van der Waals surface area contributed by atoms with Crippen LogP contribution in [0.1, 0.15) is 12.5 Å². The molecule has 1 nitrogen and oxygen atoms in total. The first-order valence-corrected chi connectivity index (χ1v) is 4.85. The molecule has 0 aliphatic rings. The number of hydrogen-bond acceptors (Lipinski definition) is 2. The minimum Gasteiger partial charge on any atom is -0.243 e. The second-order valence-corrected chi connectivity index (χ2v) is 3.90. The minimum atomic E-state index is 0.572. The van der Waals surface area contributed by atoms with Gasteiger partial charge in [-0.3, -0.25) is 0 Å². The predicted octanol–water partition coefficient (Wildman–Crippen LogP) is 3.16. The molecule has 0 aliphatic carbocycles. The summed E-state index contributed by atoms with van der Waals surface area (Å²) >= 11 is 7.49. The van der Waals surface area contributed by atoms with Crippen LogP contribution in [-0.2, 0) is 0 Å². The van der Waals surface area contributed by atoms with E-state index < -0.39 is 0 Å². The van der Waals surface area contributed by atoms with Gasteiger partial charge in [-0.15, -0.1) is 11.8 Å². The highest BCUT2D eigenvalue weighted by molar-refractivity contribution is 7.99. The lowest BCUT2D eigenvalue weighted by Gasteiger charge is -2.01. The average Bonchev–Trinajstić information content (AvgIpc) is 1.95. The smallest absolute Gasteiger partial charge is 0.129 e. The van der Waals surface area contributed by atoms with E-state index in [0.29, 0.717) is 5.15 Å². The normalized spacial score (nSPS) is 10.1. The highest BCUT2D eigenvalue weighted by atomic mass is 35.5. The molecular formula is C8H10ClNS. The molecule has 1 heterocycles. The van der Waals surface area contributed by atoms with E-state index in [1.165, 1.54) is 10.5 Å². The number of rotatable bonds is 2. The van der Waals surface area contributed by atoms with Gasteiger partial charge in [0.1, 0.15) is 5.15 Å². The number of thioether (sulfide) groups is 1. The number of nitrogens with zero attached hydrogens (tertiary/aromatic N) is 1. The molecule has 0 atom stereocenters. The average molecular weight is 188 g/mol. The quantitative estimate of drug-likeness (QED) is 0.521. The number of hydrogen-bond donors (Lipinski definition) is 0. The van der Waals surface area contributed by atoms with Gasteiger partial charge in [0, 0.05) is 11.1 Å². The van der Waals surface area contributed by atoms with E-state index in [-0.39, 0.29) is 0 Å². The summed E-state index contributed by atoms with van der Waals surface area (Å²) in [6.45, 7) is 4.17. The summed E-state index contributed by atoms with van der Waals surface area (Å²) in [5, 5.41) is 0.572. The molecule has 0 saturated carbocycles. The van der Waals surface area contributed by atoms with Gasteiger partial charge in [-0.05, 0) is 24.3 Å². The lowest BCUT2D eigenvalue weighted by atomic mass is 10.3. The molecule has 0 aromatic carbocycles. The Bertz CT molecular complexity index is 250. The van der Waals surface area contributed by atoms with Gasteiger partial charge in [-0.25, -0.2) is 4.98 Å². The lowest BCUT2D eigenvalue weighted by Crippen LogP contribution is -1.83. The van der Waals surface area contributed by atoms with Crippen LogP contribution in [0.25, 0.3) is 0 Å². The van der Waals surface area contributed by atoms with Crippen LogP contribution >= 0.6 is 23.4 Å². The van der Waals surface area contributed by atoms with Gasteiger partial charge >= 0.3 is 0 Å². The zero-order valence-electron chi connectivity index (χ0n) is 6.60. The molecule has 1 rings (SSSR count). The fourth-order valence-corrected chi connectivity index (χ4v) is 1.75. The van der Waals surface area contributed by atoms with Crippen molar-refractivity contribution in [2.24, 2.45) is 0 Å². The molecule has 0 bridgehead atoms. The van der Waals surface area contributed by atoms with Gasteiger partial charge in [-0.2, -0.15) is 0 Å². The minimum absolute atomic E-state index is 0.572. The van der Waals surface area contributed by atoms with Crippen molar-refractivity contribution in [1.82, 2.24) is 4.98 Å². The number of aromatic nitrogens is 1. The molecule has 1 aromatic rings. The van der Waals surface area contributed by atoms with Gasteiger partial charge in [0.05, 0.1) is 0 Å². The van der Waals surface area contributed by atoms with Gasteiger partial charge in [-0.1, -0.05) is 18.5 Å². The zero-order chi connectivity index (χ0) is 8.27. The predicted molar refractivity (Wildman–Crippen MR) is 50.4 cm³/mol. The third-order valence-electron chi connectivity index (χ3n) is 1.33. The van der Waals surface area contributed by atoms with Crippen molar-refractivity contribution in [3.05, 3.63) is 23.0 Å². The van der Waals surface area contributed by atoms with Crippen molar-refractivity contribution in [2.45, 2.75) is 18.7 Å². The lowest BCUT2D eigenvalue weighted by molar-refractivity contribution is 1.17. The molecule has 0 aliphatic heterocycles. The molecule has 3 heteroatoms. The fraction of sp³-hybridized carbons (Fsp3) is 0.375. The Morgan fingerprint density at radius 2 is 2.36 bits per heavy atom. The molecule has 0 N–H and O–H groups in total. The first kappa shape index (κ1) is 8.88. The van der Waals surface area contributed by atoms with E-state index in [0.717, 1.165) is 5.75 Å². The molecule has 0 spiro atoms. The van der Waals surface area contributed by atoms with Crippen molar-refractivity contribution in [3.8, 4) is 0 Å². The standard InChI is InChI=1S/C8H10ClNS/c1-3-11-7-5-10-8(9)4-6(7)2/h4-5H,3H2,1-2H3.